The monoisotopic (exact) mass is 388 g/mol. The largest absolute Gasteiger partial charge is 0.326 e. The van der Waals surface area contributed by atoms with Gasteiger partial charge in [0.25, 0.3) is 5.91 Å². The lowest BCUT2D eigenvalue weighted by Gasteiger charge is -2.22. The fourth-order valence-electron chi connectivity index (χ4n) is 4.59. The summed E-state index contributed by atoms with van der Waals surface area (Å²) in [6.45, 7) is 2.01. The number of amides is 2. The molecular weight excluding hydrogens is 364 g/mol. The lowest BCUT2D eigenvalue weighted by atomic mass is 10.1. The maximum absolute atomic E-state index is 13.4. The number of aryl methyl sites for hydroxylation is 1. The van der Waals surface area contributed by atoms with Crippen LogP contribution in [0.25, 0.3) is 11.0 Å². The van der Waals surface area contributed by atoms with Gasteiger partial charge in [-0.2, -0.15) is 0 Å². The highest BCUT2D eigenvalue weighted by Gasteiger charge is 2.44. The van der Waals surface area contributed by atoms with E-state index >= 15 is 0 Å². The Morgan fingerprint density at radius 2 is 1.83 bits per heavy atom. The smallest absolute Gasteiger partial charge is 0.253 e. The van der Waals surface area contributed by atoms with Crippen LogP contribution in [-0.2, 0) is 9.59 Å². The van der Waals surface area contributed by atoms with E-state index in [1.165, 1.54) is 0 Å². The van der Waals surface area contributed by atoms with Crippen LogP contribution < -0.4 is 10.2 Å². The summed E-state index contributed by atoms with van der Waals surface area (Å²) in [6, 6.07) is 15.1. The molecule has 1 N–H and O–H groups in total. The summed E-state index contributed by atoms with van der Waals surface area (Å²) in [4.78, 5) is 32.8. The molecule has 29 heavy (non-hydrogen) atoms. The van der Waals surface area contributed by atoms with Gasteiger partial charge in [0, 0.05) is 11.7 Å². The minimum atomic E-state index is -0.552. The third kappa shape index (κ3) is 3.09. The average molecular weight is 388 g/mol. The van der Waals surface area contributed by atoms with Crippen LogP contribution in [0.15, 0.2) is 48.5 Å². The van der Waals surface area contributed by atoms with Crippen LogP contribution >= 0.6 is 0 Å². The Kier molecular flexibility index (Phi) is 4.34. The highest BCUT2D eigenvalue weighted by atomic mass is 16.2. The van der Waals surface area contributed by atoms with Crippen molar-refractivity contribution < 1.29 is 9.59 Å². The number of nitrogens with zero attached hydrogens (tertiary/aromatic N) is 3. The quantitative estimate of drug-likeness (QED) is 0.728. The number of benzene rings is 2. The molecule has 0 spiro atoms. The molecule has 1 aromatic heterocycles. The number of hydrogen-bond acceptors (Lipinski definition) is 3. The van der Waals surface area contributed by atoms with Gasteiger partial charge in [0.05, 0.1) is 17.5 Å². The number of imidazole rings is 1. The van der Waals surface area contributed by atoms with Gasteiger partial charge in [-0.1, -0.05) is 42.7 Å². The molecule has 6 nitrogen and oxygen atoms in total. The van der Waals surface area contributed by atoms with Crippen molar-refractivity contribution in [1.82, 2.24) is 9.55 Å². The summed E-state index contributed by atoms with van der Waals surface area (Å²) in [5.74, 6) is 0.518. The van der Waals surface area contributed by atoms with Crippen LogP contribution in [0.2, 0.25) is 0 Å². The van der Waals surface area contributed by atoms with Gasteiger partial charge in [-0.25, -0.2) is 4.98 Å². The molecule has 0 radical (unpaired) electrons. The Labute approximate surface area is 169 Å². The topological polar surface area (TPSA) is 67.2 Å². The predicted molar refractivity (Wildman–Crippen MR) is 113 cm³/mol. The van der Waals surface area contributed by atoms with Crippen molar-refractivity contribution in [3.05, 3.63) is 54.1 Å². The van der Waals surface area contributed by atoms with E-state index in [1.54, 1.807) is 0 Å². The molecule has 148 valence electrons. The lowest BCUT2D eigenvalue weighted by molar-refractivity contribution is -0.125. The van der Waals surface area contributed by atoms with Gasteiger partial charge in [0.1, 0.15) is 6.04 Å². The number of hydrogen-bond donors (Lipinski definition) is 1. The first-order valence-electron chi connectivity index (χ1n) is 10.3. The maximum Gasteiger partial charge on any atom is 0.253 e. The SMILES string of the molecule is Cc1ccc(NC(=O)C[C@@H]2C(=O)N(C3CCCC3)c3nc4ccccc4n32)cc1. The predicted octanol–water partition coefficient (Wildman–Crippen LogP) is 4.20. The van der Waals surface area contributed by atoms with Gasteiger partial charge in [-0.15, -0.1) is 0 Å². The lowest BCUT2D eigenvalue weighted by Crippen LogP contribution is -2.38. The summed E-state index contributed by atoms with van der Waals surface area (Å²) >= 11 is 0. The maximum atomic E-state index is 13.4. The van der Waals surface area contributed by atoms with Crippen LogP contribution in [0.1, 0.15) is 43.7 Å². The second-order valence-corrected chi connectivity index (χ2v) is 8.05. The molecule has 2 amide bonds. The Hall–Kier alpha value is -3.15. The summed E-state index contributed by atoms with van der Waals surface area (Å²) in [5, 5.41) is 2.93. The van der Waals surface area contributed by atoms with Gasteiger partial charge in [0.2, 0.25) is 11.9 Å². The Morgan fingerprint density at radius 3 is 2.59 bits per heavy atom. The van der Waals surface area contributed by atoms with E-state index in [9.17, 15) is 9.59 Å². The highest BCUT2D eigenvalue weighted by Crippen LogP contribution is 2.40. The van der Waals surface area contributed by atoms with Gasteiger partial charge in [-0.05, 0) is 44.0 Å². The van der Waals surface area contributed by atoms with E-state index in [-0.39, 0.29) is 24.3 Å². The van der Waals surface area contributed by atoms with E-state index in [2.05, 4.69) is 5.32 Å². The Morgan fingerprint density at radius 1 is 1.10 bits per heavy atom. The minimum Gasteiger partial charge on any atom is -0.326 e. The minimum absolute atomic E-state index is 0.00999. The van der Waals surface area contributed by atoms with E-state index in [1.807, 2.05) is 64.9 Å². The van der Waals surface area contributed by atoms with Crippen LogP contribution in [0.3, 0.4) is 0 Å². The molecule has 1 aliphatic heterocycles. The van der Waals surface area contributed by atoms with Gasteiger partial charge in [0.15, 0.2) is 0 Å². The molecule has 2 aliphatic rings. The van der Waals surface area contributed by atoms with Crippen molar-refractivity contribution in [2.75, 3.05) is 10.2 Å². The zero-order valence-corrected chi connectivity index (χ0v) is 16.5. The third-order valence-corrected chi connectivity index (χ3v) is 6.03. The Balaban J connectivity index is 1.47. The van der Waals surface area contributed by atoms with Crippen LogP contribution in [0, 0.1) is 6.92 Å². The van der Waals surface area contributed by atoms with Gasteiger partial charge >= 0.3 is 0 Å². The zero-order valence-electron chi connectivity index (χ0n) is 16.5. The molecular formula is C23H24N4O2. The number of para-hydroxylation sites is 2. The van der Waals surface area contributed by atoms with Crippen molar-refractivity contribution in [2.45, 2.75) is 51.1 Å². The normalized spacial score (nSPS) is 19.1. The number of anilines is 2. The molecule has 2 aromatic carbocycles. The molecule has 2 heterocycles. The number of rotatable bonds is 4. The van der Waals surface area contributed by atoms with Crippen molar-refractivity contribution in [1.29, 1.82) is 0 Å². The molecule has 1 fully saturated rings. The molecule has 1 saturated carbocycles. The first-order valence-corrected chi connectivity index (χ1v) is 10.3. The molecule has 6 heteroatoms. The van der Waals surface area contributed by atoms with Crippen molar-refractivity contribution in [3.63, 3.8) is 0 Å². The molecule has 0 unspecified atom stereocenters. The zero-order chi connectivity index (χ0) is 20.0. The average Bonchev–Trinajstić information content (AvgIpc) is 3.41. The van der Waals surface area contributed by atoms with Crippen LogP contribution in [0.5, 0.6) is 0 Å². The van der Waals surface area contributed by atoms with Crippen LogP contribution in [-0.4, -0.2) is 27.4 Å². The van der Waals surface area contributed by atoms with E-state index in [0.29, 0.717) is 5.95 Å². The summed E-state index contributed by atoms with van der Waals surface area (Å²) in [5.41, 5.74) is 3.65. The molecule has 3 aromatic rings. The fraction of sp³-hybridized carbons (Fsp3) is 0.348. The first kappa shape index (κ1) is 17.9. The number of carbonyl (C=O) groups excluding carboxylic acids is 2. The van der Waals surface area contributed by atoms with Gasteiger partial charge in [-0.3, -0.25) is 19.1 Å². The third-order valence-electron chi connectivity index (χ3n) is 6.03. The Bertz CT molecular complexity index is 1080. The van der Waals surface area contributed by atoms with Crippen molar-refractivity contribution in [2.24, 2.45) is 0 Å². The second-order valence-electron chi connectivity index (χ2n) is 8.05. The molecule has 0 saturated heterocycles. The summed E-state index contributed by atoms with van der Waals surface area (Å²) < 4.78 is 1.96. The molecule has 1 aliphatic carbocycles. The van der Waals surface area contributed by atoms with Crippen molar-refractivity contribution >= 4 is 34.5 Å². The standard InChI is InChI=1S/C23H24N4O2/c1-15-10-12-16(13-11-15)24-21(28)14-20-22(29)26(17-6-2-3-7-17)23-25-18-8-4-5-9-19(18)27(20)23/h4-5,8-13,17,20H,2-3,6-7,14H2,1H3,(H,24,28)/t20-/m1/s1. The van der Waals surface area contributed by atoms with E-state index in [0.717, 1.165) is 48.0 Å². The highest BCUT2D eigenvalue weighted by molar-refractivity contribution is 6.05. The molecule has 5 rings (SSSR count). The first-order chi connectivity index (χ1) is 14.1. The van der Waals surface area contributed by atoms with Crippen molar-refractivity contribution in [3.8, 4) is 0 Å². The fourth-order valence-corrected chi connectivity index (χ4v) is 4.59. The molecule has 1 atom stereocenters. The number of aromatic nitrogens is 2. The number of fused-ring (bicyclic) bond motifs is 3. The van der Waals surface area contributed by atoms with Gasteiger partial charge < -0.3 is 5.32 Å². The summed E-state index contributed by atoms with van der Waals surface area (Å²) in [7, 11) is 0. The summed E-state index contributed by atoms with van der Waals surface area (Å²) in [6.07, 6.45) is 4.36. The van der Waals surface area contributed by atoms with Crippen LogP contribution in [0.4, 0.5) is 11.6 Å². The van der Waals surface area contributed by atoms with E-state index < -0.39 is 6.04 Å². The number of nitrogens with one attached hydrogen (secondary N) is 1. The van der Waals surface area contributed by atoms with E-state index in [4.69, 9.17) is 4.98 Å². The second kappa shape index (κ2) is 7.03. The number of carbonyl (C=O) groups is 2. The molecule has 0 bridgehead atoms.